The Kier molecular flexibility index (Phi) is 4.82. The molecule has 6 heteroatoms. The summed E-state index contributed by atoms with van der Waals surface area (Å²) in [5.74, 6) is -0.322. The second-order valence-corrected chi connectivity index (χ2v) is 5.63. The number of benzene rings is 1. The van der Waals surface area contributed by atoms with Gasteiger partial charge < -0.3 is 5.32 Å². The molecule has 3 rings (SSSR count). The van der Waals surface area contributed by atoms with E-state index in [1.807, 2.05) is 42.6 Å². The Morgan fingerprint density at radius 1 is 1.38 bits per heavy atom. The summed E-state index contributed by atoms with van der Waals surface area (Å²) in [4.78, 5) is 11.8. The summed E-state index contributed by atoms with van der Waals surface area (Å²) in [5.41, 5.74) is 1.90. The molecule has 2 aromatic rings. The average molecular weight is 319 g/mol. The second-order valence-electron chi connectivity index (χ2n) is 5.63. The van der Waals surface area contributed by atoms with E-state index in [2.05, 4.69) is 15.6 Å². The molecular weight excluding hydrogens is 302 g/mol. The van der Waals surface area contributed by atoms with Gasteiger partial charge >= 0.3 is 0 Å². The van der Waals surface area contributed by atoms with E-state index in [9.17, 15) is 4.79 Å². The summed E-state index contributed by atoms with van der Waals surface area (Å²) < 4.78 is 1.74. The minimum Gasteiger partial charge on any atom is -0.349 e. The lowest BCUT2D eigenvalue weighted by atomic mass is 10.2. The summed E-state index contributed by atoms with van der Waals surface area (Å²) in [7, 11) is 0. The molecule has 1 N–H and O–H groups in total. The average Bonchev–Trinajstić information content (AvgIpc) is 3.30. The summed E-state index contributed by atoms with van der Waals surface area (Å²) in [6.45, 7) is 0.644. The SMILES string of the molecule is N#C/C(=C\C=C\c1cn(Cc2ccccc2)nn1)C(=O)NC1CC1. The van der Waals surface area contributed by atoms with Crippen LogP contribution in [0.15, 0.2) is 54.3 Å². The monoisotopic (exact) mass is 319 g/mol. The molecule has 1 heterocycles. The van der Waals surface area contributed by atoms with Crippen molar-refractivity contribution in [2.75, 3.05) is 0 Å². The van der Waals surface area contributed by atoms with Gasteiger partial charge in [-0.1, -0.05) is 41.6 Å². The Balaban J connectivity index is 1.60. The molecule has 1 aromatic carbocycles. The molecule has 0 radical (unpaired) electrons. The van der Waals surface area contributed by atoms with Gasteiger partial charge in [0.2, 0.25) is 0 Å². The van der Waals surface area contributed by atoms with E-state index in [1.165, 1.54) is 6.08 Å². The van der Waals surface area contributed by atoms with Crippen molar-refractivity contribution in [2.24, 2.45) is 0 Å². The van der Waals surface area contributed by atoms with E-state index in [4.69, 9.17) is 5.26 Å². The van der Waals surface area contributed by atoms with Crippen molar-refractivity contribution in [1.82, 2.24) is 20.3 Å². The van der Waals surface area contributed by atoms with Crippen molar-refractivity contribution < 1.29 is 4.79 Å². The number of carbonyl (C=O) groups excluding carboxylic acids is 1. The lowest BCUT2D eigenvalue weighted by molar-refractivity contribution is -0.117. The fraction of sp³-hybridized carbons (Fsp3) is 0.222. The van der Waals surface area contributed by atoms with E-state index >= 15 is 0 Å². The number of carbonyl (C=O) groups is 1. The van der Waals surface area contributed by atoms with E-state index in [-0.39, 0.29) is 17.5 Å². The van der Waals surface area contributed by atoms with Gasteiger partial charge in [-0.25, -0.2) is 4.68 Å². The first-order chi connectivity index (χ1) is 11.7. The molecule has 0 atom stereocenters. The minimum atomic E-state index is -0.322. The lowest BCUT2D eigenvalue weighted by Crippen LogP contribution is -2.26. The molecule has 0 spiro atoms. The van der Waals surface area contributed by atoms with Gasteiger partial charge in [-0.15, -0.1) is 5.10 Å². The fourth-order valence-corrected chi connectivity index (χ4v) is 2.13. The maximum absolute atomic E-state index is 11.8. The van der Waals surface area contributed by atoms with Crippen molar-refractivity contribution in [3.63, 3.8) is 0 Å². The van der Waals surface area contributed by atoms with E-state index in [0.717, 1.165) is 18.4 Å². The summed E-state index contributed by atoms with van der Waals surface area (Å²) in [6, 6.07) is 12.1. The third-order valence-corrected chi connectivity index (χ3v) is 3.55. The predicted octanol–water partition coefficient (Wildman–Crippen LogP) is 2.07. The molecular formula is C18H17N5O. The van der Waals surface area contributed by atoms with Crippen LogP contribution in [0.5, 0.6) is 0 Å². The zero-order valence-electron chi connectivity index (χ0n) is 13.1. The first-order valence-electron chi connectivity index (χ1n) is 7.78. The highest BCUT2D eigenvalue weighted by Crippen LogP contribution is 2.19. The number of rotatable bonds is 6. The Morgan fingerprint density at radius 2 is 2.17 bits per heavy atom. The van der Waals surface area contributed by atoms with Crippen LogP contribution < -0.4 is 5.32 Å². The Hall–Kier alpha value is -3.20. The molecule has 0 bridgehead atoms. The summed E-state index contributed by atoms with van der Waals surface area (Å²) in [6.07, 6.45) is 8.65. The lowest BCUT2D eigenvalue weighted by Gasteiger charge is -1.99. The quantitative estimate of drug-likeness (QED) is 0.502. The fourth-order valence-electron chi connectivity index (χ4n) is 2.13. The van der Waals surface area contributed by atoms with Gasteiger partial charge in [0.05, 0.1) is 12.7 Å². The third kappa shape index (κ3) is 4.40. The zero-order valence-corrected chi connectivity index (χ0v) is 13.1. The summed E-state index contributed by atoms with van der Waals surface area (Å²) >= 11 is 0. The van der Waals surface area contributed by atoms with Crippen LogP contribution in [0.4, 0.5) is 0 Å². The molecule has 0 unspecified atom stereocenters. The molecule has 1 fully saturated rings. The Bertz CT molecular complexity index is 809. The number of nitriles is 1. The zero-order chi connectivity index (χ0) is 16.8. The normalized spacial score (nSPS) is 14.5. The van der Waals surface area contributed by atoms with Crippen molar-refractivity contribution in [3.05, 3.63) is 65.5 Å². The van der Waals surface area contributed by atoms with Crippen molar-refractivity contribution >= 4 is 12.0 Å². The molecule has 1 saturated carbocycles. The highest BCUT2D eigenvalue weighted by Gasteiger charge is 2.24. The van der Waals surface area contributed by atoms with Crippen LogP contribution in [0.2, 0.25) is 0 Å². The van der Waals surface area contributed by atoms with E-state index in [0.29, 0.717) is 12.2 Å². The van der Waals surface area contributed by atoms with Crippen molar-refractivity contribution in [1.29, 1.82) is 5.26 Å². The van der Waals surface area contributed by atoms with Gasteiger partial charge in [-0.2, -0.15) is 5.26 Å². The molecule has 24 heavy (non-hydrogen) atoms. The van der Waals surface area contributed by atoms with Crippen LogP contribution in [0.1, 0.15) is 24.1 Å². The van der Waals surface area contributed by atoms with E-state index in [1.54, 1.807) is 16.8 Å². The molecule has 1 aliphatic rings. The van der Waals surface area contributed by atoms with Gasteiger partial charge in [0.25, 0.3) is 5.91 Å². The predicted molar refractivity (Wildman–Crippen MR) is 89.5 cm³/mol. The smallest absolute Gasteiger partial charge is 0.262 e. The van der Waals surface area contributed by atoms with Crippen molar-refractivity contribution in [2.45, 2.75) is 25.4 Å². The van der Waals surface area contributed by atoms with Gasteiger partial charge in [0.1, 0.15) is 17.3 Å². The van der Waals surface area contributed by atoms with Crippen LogP contribution in [0, 0.1) is 11.3 Å². The number of aromatic nitrogens is 3. The molecule has 0 aliphatic heterocycles. The highest BCUT2D eigenvalue weighted by atomic mass is 16.1. The largest absolute Gasteiger partial charge is 0.349 e. The van der Waals surface area contributed by atoms with Crippen LogP contribution >= 0.6 is 0 Å². The van der Waals surface area contributed by atoms with Gasteiger partial charge in [0.15, 0.2) is 0 Å². The maximum atomic E-state index is 11.8. The molecule has 0 saturated heterocycles. The number of amides is 1. The second kappa shape index (κ2) is 7.38. The van der Waals surface area contributed by atoms with Crippen LogP contribution in [-0.2, 0) is 11.3 Å². The number of hydrogen-bond acceptors (Lipinski definition) is 4. The Labute approximate surface area is 140 Å². The summed E-state index contributed by atoms with van der Waals surface area (Å²) in [5, 5.41) is 20.0. The standard InChI is InChI=1S/C18H17N5O/c19-11-15(18(24)20-16-9-10-16)7-4-8-17-13-23(22-21-17)12-14-5-2-1-3-6-14/h1-8,13,16H,9-10,12H2,(H,20,24)/b8-4+,15-7+. The number of hydrogen-bond donors (Lipinski definition) is 1. The van der Waals surface area contributed by atoms with Gasteiger partial charge in [0, 0.05) is 6.04 Å². The molecule has 6 nitrogen and oxygen atoms in total. The van der Waals surface area contributed by atoms with Crippen LogP contribution in [0.3, 0.4) is 0 Å². The van der Waals surface area contributed by atoms with Crippen LogP contribution in [-0.4, -0.2) is 26.9 Å². The first kappa shape index (κ1) is 15.7. The topological polar surface area (TPSA) is 83.6 Å². The first-order valence-corrected chi connectivity index (χ1v) is 7.78. The number of nitrogens with zero attached hydrogens (tertiary/aromatic N) is 4. The molecule has 1 aromatic heterocycles. The van der Waals surface area contributed by atoms with E-state index < -0.39 is 0 Å². The molecule has 120 valence electrons. The van der Waals surface area contributed by atoms with Gasteiger partial charge in [-0.05, 0) is 30.6 Å². The maximum Gasteiger partial charge on any atom is 0.262 e. The van der Waals surface area contributed by atoms with Gasteiger partial charge in [-0.3, -0.25) is 4.79 Å². The number of nitrogens with one attached hydrogen (secondary N) is 1. The number of allylic oxidation sites excluding steroid dienone is 2. The van der Waals surface area contributed by atoms with Crippen LogP contribution in [0.25, 0.3) is 6.08 Å². The van der Waals surface area contributed by atoms with Crippen molar-refractivity contribution in [3.8, 4) is 6.07 Å². The highest BCUT2D eigenvalue weighted by molar-refractivity contribution is 5.97. The molecule has 1 aliphatic carbocycles. The third-order valence-electron chi connectivity index (χ3n) is 3.55. The molecule has 1 amide bonds. The minimum absolute atomic E-state index is 0.0924. The Morgan fingerprint density at radius 3 is 2.88 bits per heavy atom.